The SMILES string of the molecule is Cc1c(C2CC[C@](C)(C(F)(F)F)C2)ccc(F)c1F.NC(=O)c1nccc2[nH]ccc(=O)c12. The third-order valence-electron chi connectivity index (χ3n) is 6.15. The van der Waals surface area contributed by atoms with Crippen LogP contribution in [0.4, 0.5) is 22.0 Å². The van der Waals surface area contributed by atoms with E-state index >= 15 is 0 Å². The topological polar surface area (TPSA) is 88.8 Å². The standard InChI is InChI=1S/C14H15F5.C9H7N3O2/c1-8-10(3-4-11(15)12(8)16)9-5-6-13(2,7-9)14(17,18)19;10-9(14)8-7-5(1-3-12-8)11-4-2-6(7)13/h3-4,9H,5-7H2,1-2H3;1-4H,(H2,10,14)(H,11,13)/t9?,13-;/m0./s1. The number of hydrogen-bond acceptors (Lipinski definition) is 3. The Hall–Kier alpha value is -3.30. The van der Waals surface area contributed by atoms with E-state index in [4.69, 9.17) is 5.73 Å². The number of alkyl halides is 3. The number of carbonyl (C=O) groups is 1. The van der Waals surface area contributed by atoms with Crippen LogP contribution in [0.25, 0.3) is 10.9 Å². The Morgan fingerprint density at radius 2 is 1.91 bits per heavy atom. The first-order chi connectivity index (χ1) is 15.4. The van der Waals surface area contributed by atoms with Gasteiger partial charge in [0.1, 0.15) is 5.69 Å². The number of nitrogens with zero attached hydrogens (tertiary/aromatic N) is 1. The van der Waals surface area contributed by atoms with Crippen molar-refractivity contribution in [3.8, 4) is 0 Å². The summed E-state index contributed by atoms with van der Waals surface area (Å²) in [5.41, 5.74) is 4.28. The minimum Gasteiger partial charge on any atom is -0.364 e. The number of aromatic amines is 1. The maximum atomic E-state index is 13.5. The van der Waals surface area contributed by atoms with E-state index in [1.807, 2.05) is 0 Å². The van der Waals surface area contributed by atoms with Crippen molar-refractivity contribution < 1.29 is 26.7 Å². The third kappa shape index (κ3) is 4.74. The highest BCUT2D eigenvalue weighted by molar-refractivity contribution is 6.03. The van der Waals surface area contributed by atoms with Crippen molar-refractivity contribution in [3.05, 3.63) is 75.3 Å². The van der Waals surface area contributed by atoms with Crippen molar-refractivity contribution in [1.82, 2.24) is 9.97 Å². The first kappa shape index (κ1) is 24.3. The lowest BCUT2D eigenvalue weighted by Crippen LogP contribution is -2.32. The highest BCUT2D eigenvalue weighted by atomic mass is 19.4. The summed E-state index contributed by atoms with van der Waals surface area (Å²) in [6.07, 6.45) is -1.01. The number of hydrogen-bond donors (Lipinski definition) is 2. The number of benzene rings is 1. The van der Waals surface area contributed by atoms with Gasteiger partial charge in [-0.05, 0) is 55.4 Å². The van der Waals surface area contributed by atoms with E-state index in [1.54, 1.807) is 6.07 Å². The largest absolute Gasteiger partial charge is 0.394 e. The number of aromatic nitrogens is 2. The number of halogens is 5. The van der Waals surface area contributed by atoms with Gasteiger partial charge in [0.25, 0.3) is 5.91 Å². The molecule has 1 aliphatic carbocycles. The van der Waals surface area contributed by atoms with Gasteiger partial charge < -0.3 is 10.7 Å². The Kier molecular flexibility index (Phi) is 6.58. The van der Waals surface area contributed by atoms with E-state index < -0.39 is 29.1 Å². The van der Waals surface area contributed by atoms with E-state index in [-0.39, 0.29) is 40.8 Å². The number of primary amides is 1. The summed E-state index contributed by atoms with van der Waals surface area (Å²) in [6, 6.07) is 5.33. The van der Waals surface area contributed by atoms with E-state index in [1.165, 1.54) is 38.4 Å². The zero-order valence-electron chi connectivity index (χ0n) is 17.9. The molecular weight excluding hydrogens is 445 g/mol. The lowest BCUT2D eigenvalue weighted by molar-refractivity contribution is -0.215. The van der Waals surface area contributed by atoms with Crippen LogP contribution in [0.3, 0.4) is 0 Å². The molecule has 5 nitrogen and oxygen atoms in total. The number of carbonyl (C=O) groups excluding carboxylic acids is 1. The monoisotopic (exact) mass is 467 g/mol. The van der Waals surface area contributed by atoms with Crippen LogP contribution in [0.2, 0.25) is 0 Å². The van der Waals surface area contributed by atoms with Crippen molar-refractivity contribution in [2.24, 2.45) is 11.1 Å². The lowest BCUT2D eigenvalue weighted by atomic mass is 9.84. The normalized spacial score (nSPS) is 20.4. The van der Waals surface area contributed by atoms with Crippen LogP contribution < -0.4 is 11.2 Å². The van der Waals surface area contributed by atoms with E-state index in [2.05, 4.69) is 9.97 Å². The molecule has 1 unspecified atom stereocenters. The molecule has 0 saturated heterocycles. The molecule has 0 bridgehead atoms. The van der Waals surface area contributed by atoms with Crippen LogP contribution in [0, 0.1) is 24.0 Å². The first-order valence-corrected chi connectivity index (χ1v) is 10.1. The Balaban J connectivity index is 0.000000194. The van der Waals surface area contributed by atoms with E-state index in [0.29, 0.717) is 17.5 Å². The predicted octanol–water partition coefficient (Wildman–Crippen LogP) is 5.13. The van der Waals surface area contributed by atoms with E-state index in [9.17, 15) is 31.5 Å². The fourth-order valence-corrected chi connectivity index (χ4v) is 4.18. The smallest absolute Gasteiger partial charge is 0.364 e. The highest BCUT2D eigenvalue weighted by Crippen LogP contribution is 2.55. The number of H-pyrrole nitrogens is 1. The van der Waals surface area contributed by atoms with Crippen LogP contribution in [0.1, 0.15) is 53.7 Å². The molecule has 1 saturated carbocycles. The van der Waals surface area contributed by atoms with Crippen LogP contribution in [0.5, 0.6) is 0 Å². The van der Waals surface area contributed by atoms with Crippen LogP contribution in [0.15, 0.2) is 41.5 Å². The molecule has 0 spiro atoms. The summed E-state index contributed by atoms with van der Waals surface area (Å²) in [7, 11) is 0. The third-order valence-corrected chi connectivity index (χ3v) is 6.15. The summed E-state index contributed by atoms with van der Waals surface area (Å²) < 4.78 is 65.3. The van der Waals surface area contributed by atoms with Gasteiger partial charge in [0.15, 0.2) is 17.1 Å². The Morgan fingerprint density at radius 1 is 1.21 bits per heavy atom. The molecule has 4 rings (SSSR count). The van der Waals surface area contributed by atoms with Crippen molar-refractivity contribution in [2.75, 3.05) is 0 Å². The fraction of sp³-hybridized carbons (Fsp3) is 0.348. The zero-order valence-corrected chi connectivity index (χ0v) is 17.9. The second-order valence-electron chi connectivity index (χ2n) is 8.36. The Bertz CT molecular complexity index is 1250. The summed E-state index contributed by atoms with van der Waals surface area (Å²) >= 11 is 0. The van der Waals surface area contributed by atoms with Gasteiger partial charge in [-0.15, -0.1) is 0 Å². The lowest BCUT2D eigenvalue weighted by Gasteiger charge is -2.27. The maximum absolute atomic E-state index is 13.5. The molecule has 1 amide bonds. The number of nitrogens with one attached hydrogen (secondary N) is 1. The predicted molar refractivity (Wildman–Crippen MR) is 113 cm³/mol. The number of amides is 1. The zero-order chi connectivity index (χ0) is 24.6. The first-order valence-electron chi connectivity index (χ1n) is 10.1. The molecule has 1 fully saturated rings. The van der Waals surface area contributed by atoms with Gasteiger partial charge in [-0.2, -0.15) is 13.2 Å². The van der Waals surface area contributed by atoms with Gasteiger partial charge in [0.05, 0.1) is 16.3 Å². The second-order valence-corrected chi connectivity index (χ2v) is 8.36. The second kappa shape index (κ2) is 8.92. The summed E-state index contributed by atoms with van der Waals surface area (Å²) in [5.74, 6) is -2.98. The molecule has 1 aromatic carbocycles. The van der Waals surface area contributed by atoms with E-state index in [0.717, 1.165) is 6.07 Å². The van der Waals surface area contributed by atoms with Crippen LogP contribution in [-0.4, -0.2) is 22.1 Å². The molecule has 2 heterocycles. The quantitative estimate of drug-likeness (QED) is 0.512. The van der Waals surface area contributed by atoms with Crippen molar-refractivity contribution in [1.29, 1.82) is 0 Å². The van der Waals surface area contributed by atoms with Gasteiger partial charge in [0, 0.05) is 18.5 Å². The van der Waals surface area contributed by atoms with Gasteiger partial charge >= 0.3 is 6.18 Å². The minimum absolute atomic E-state index is 0.00403. The van der Waals surface area contributed by atoms with Crippen molar-refractivity contribution in [2.45, 2.75) is 45.2 Å². The minimum atomic E-state index is -4.26. The molecule has 1 aliphatic rings. The number of pyridine rings is 2. The average Bonchev–Trinajstić information content (AvgIpc) is 3.15. The fourth-order valence-electron chi connectivity index (χ4n) is 4.18. The highest BCUT2D eigenvalue weighted by Gasteiger charge is 2.54. The molecule has 10 heteroatoms. The molecule has 3 aromatic rings. The summed E-state index contributed by atoms with van der Waals surface area (Å²) in [6.45, 7) is 2.61. The Labute approximate surface area is 185 Å². The van der Waals surface area contributed by atoms with Crippen LogP contribution >= 0.6 is 0 Å². The van der Waals surface area contributed by atoms with Gasteiger partial charge in [0.2, 0.25) is 0 Å². The average molecular weight is 467 g/mol. The van der Waals surface area contributed by atoms with Crippen molar-refractivity contribution >= 4 is 16.8 Å². The molecule has 176 valence electrons. The van der Waals surface area contributed by atoms with Crippen LogP contribution in [-0.2, 0) is 0 Å². The molecule has 2 atom stereocenters. The maximum Gasteiger partial charge on any atom is 0.394 e. The summed E-state index contributed by atoms with van der Waals surface area (Å²) in [4.78, 5) is 29.0. The molecule has 33 heavy (non-hydrogen) atoms. The summed E-state index contributed by atoms with van der Waals surface area (Å²) in [5, 5.41) is 0.238. The number of fused-ring (bicyclic) bond motifs is 1. The molecule has 2 aromatic heterocycles. The van der Waals surface area contributed by atoms with Gasteiger partial charge in [-0.1, -0.05) is 13.0 Å². The van der Waals surface area contributed by atoms with Gasteiger partial charge in [-0.3, -0.25) is 14.6 Å². The molecule has 0 aliphatic heterocycles. The number of rotatable bonds is 2. The Morgan fingerprint density at radius 3 is 2.52 bits per heavy atom. The molecular formula is C23H22F5N3O2. The number of nitrogens with two attached hydrogens (primary N) is 1. The molecule has 3 N–H and O–H groups in total. The molecule has 0 radical (unpaired) electrons. The van der Waals surface area contributed by atoms with Gasteiger partial charge in [-0.25, -0.2) is 8.78 Å². The van der Waals surface area contributed by atoms with Crippen molar-refractivity contribution in [3.63, 3.8) is 0 Å².